The standard InChI is InChI=1S/C17H28N2O/c1-13-5-7-15(8-6-13)16(18)9-10-19-11-14(2)20-17(3,4)12-19/h5-8,14,16H,9-12,18H2,1-4H3. The van der Waals surface area contributed by atoms with Crippen molar-refractivity contribution in [1.29, 1.82) is 0 Å². The van der Waals surface area contributed by atoms with Crippen LogP contribution < -0.4 is 5.73 Å². The van der Waals surface area contributed by atoms with E-state index in [9.17, 15) is 0 Å². The Balaban J connectivity index is 1.86. The minimum absolute atomic E-state index is 0.0500. The van der Waals surface area contributed by atoms with Gasteiger partial charge in [0.15, 0.2) is 0 Å². The molecule has 3 nitrogen and oxygen atoms in total. The highest BCUT2D eigenvalue weighted by Crippen LogP contribution is 2.22. The second-order valence-electron chi connectivity index (χ2n) is 6.73. The van der Waals surface area contributed by atoms with Crippen LogP contribution in [0.5, 0.6) is 0 Å². The van der Waals surface area contributed by atoms with E-state index in [1.54, 1.807) is 0 Å². The van der Waals surface area contributed by atoms with E-state index in [1.807, 2.05) is 0 Å². The first-order valence-corrected chi connectivity index (χ1v) is 7.58. The summed E-state index contributed by atoms with van der Waals surface area (Å²) in [5.74, 6) is 0. The van der Waals surface area contributed by atoms with E-state index in [0.717, 1.165) is 26.1 Å². The molecule has 3 heteroatoms. The summed E-state index contributed by atoms with van der Waals surface area (Å²) < 4.78 is 5.94. The van der Waals surface area contributed by atoms with Gasteiger partial charge in [-0.2, -0.15) is 0 Å². The lowest BCUT2D eigenvalue weighted by atomic mass is 10.0. The predicted octanol–water partition coefficient (Wildman–Crippen LogP) is 2.88. The highest BCUT2D eigenvalue weighted by molar-refractivity contribution is 5.23. The number of morpholine rings is 1. The number of hydrogen-bond donors (Lipinski definition) is 1. The molecule has 1 fully saturated rings. The Hall–Kier alpha value is -0.900. The van der Waals surface area contributed by atoms with Gasteiger partial charge in [-0.1, -0.05) is 29.8 Å². The van der Waals surface area contributed by atoms with Crippen LogP contribution in [0.2, 0.25) is 0 Å². The molecular weight excluding hydrogens is 248 g/mol. The molecule has 20 heavy (non-hydrogen) atoms. The van der Waals surface area contributed by atoms with Gasteiger partial charge in [-0.3, -0.25) is 4.90 Å². The van der Waals surface area contributed by atoms with Crippen molar-refractivity contribution in [3.63, 3.8) is 0 Å². The molecule has 0 spiro atoms. The highest BCUT2D eigenvalue weighted by Gasteiger charge is 2.31. The van der Waals surface area contributed by atoms with Gasteiger partial charge in [0.05, 0.1) is 11.7 Å². The lowest BCUT2D eigenvalue weighted by molar-refractivity contribution is -0.128. The zero-order valence-corrected chi connectivity index (χ0v) is 13.2. The van der Waals surface area contributed by atoms with E-state index in [-0.39, 0.29) is 11.6 Å². The van der Waals surface area contributed by atoms with Crippen molar-refractivity contribution in [2.75, 3.05) is 19.6 Å². The maximum Gasteiger partial charge on any atom is 0.0757 e. The smallest absolute Gasteiger partial charge is 0.0757 e. The van der Waals surface area contributed by atoms with Gasteiger partial charge in [0, 0.05) is 25.7 Å². The number of rotatable bonds is 4. The van der Waals surface area contributed by atoms with E-state index in [1.165, 1.54) is 11.1 Å². The van der Waals surface area contributed by atoms with Gasteiger partial charge in [-0.15, -0.1) is 0 Å². The molecule has 1 aliphatic heterocycles. The Morgan fingerprint density at radius 1 is 1.35 bits per heavy atom. The molecule has 0 aromatic heterocycles. The molecular formula is C17H28N2O. The van der Waals surface area contributed by atoms with Crippen LogP contribution in [-0.2, 0) is 4.74 Å². The summed E-state index contributed by atoms with van der Waals surface area (Å²) in [5, 5.41) is 0. The predicted molar refractivity (Wildman–Crippen MR) is 83.8 cm³/mol. The molecule has 1 aliphatic rings. The Kier molecular flexibility index (Phi) is 4.84. The fourth-order valence-electron chi connectivity index (χ4n) is 3.06. The van der Waals surface area contributed by atoms with Crippen molar-refractivity contribution < 1.29 is 4.74 Å². The third-order valence-corrected chi connectivity index (χ3v) is 3.90. The number of hydrogen-bond acceptors (Lipinski definition) is 3. The number of nitrogens with two attached hydrogens (primary N) is 1. The quantitative estimate of drug-likeness (QED) is 0.919. The molecule has 0 bridgehead atoms. The Morgan fingerprint density at radius 3 is 2.60 bits per heavy atom. The minimum Gasteiger partial charge on any atom is -0.370 e. The number of ether oxygens (including phenoxy) is 1. The molecule has 0 radical (unpaired) electrons. The molecule has 2 atom stereocenters. The zero-order chi connectivity index (χ0) is 14.8. The topological polar surface area (TPSA) is 38.5 Å². The van der Waals surface area contributed by atoms with Crippen LogP contribution in [0.3, 0.4) is 0 Å². The summed E-state index contributed by atoms with van der Waals surface area (Å²) in [4.78, 5) is 2.47. The molecule has 0 aliphatic carbocycles. The van der Waals surface area contributed by atoms with Crippen LogP contribution in [-0.4, -0.2) is 36.2 Å². The third kappa shape index (κ3) is 4.30. The van der Waals surface area contributed by atoms with Crippen LogP contribution in [0.1, 0.15) is 44.4 Å². The SMILES string of the molecule is Cc1ccc(C(N)CCN2CC(C)OC(C)(C)C2)cc1. The van der Waals surface area contributed by atoms with E-state index < -0.39 is 0 Å². The van der Waals surface area contributed by atoms with Gasteiger partial charge in [-0.25, -0.2) is 0 Å². The molecule has 2 N–H and O–H groups in total. The molecule has 2 unspecified atom stereocenters. The molecule has 2 rings (SSSR count). The van der Waals surface area contributed by atoms with Gasteiger partial charge in [0.1, 0.15) is 0 Å². The lowest BCUT2D eigenvalue weighted by Crippen LogP contribution is -2.52. The third-order valence-electron chi connectivity index (χ3n) is 3.90. The molecule has 0 amide bonds. The van der Waals surface area contributed by atoms with Crippen molar-refractivity contribution in [3.05, 3.63) is 35.4 Å². The largest absolute Gasteiger partial charge is 0.370 e. The van der Waals surface area contributed by atoms with Crippen LogP contribution in [0.4, 0.5) is 0 Å². The van der Waals surface area contributed by atoms with Crippen molar-refractivity contribution in [2.45, 2.75) is 51.9 Å². The Labute approximate surface area is 123 Å². The molecule has 1 aromatic carbocycles. The second kappa shape index (κ2) is 6.25. The summed E-state index contributed by atoms with van der Waals surface area (Å²) in [6, 6.07) is 8.68. The summed E-state index contributed by atoms with van der Waals surface area (Å²) in [5.41, 5.74) is 8.77. The van der Waals surface area contributed by atoms with E-state index in [4.69, 9.17) is 10.5 Å². The van der Waals surface area contributed by atoms with Gasteiger partial charge < -0.3 is 10.5 Å². The lowest BCUT2D eigenvalue weighted by Gasteiger charge is -2.42. The van der Waals surface area contributed by atoms with Crippen LogP contribution in [0.25, 0.3) is 0 Å². The number of aryl methyl sites for hydroxylation is 1. The average Bonchev–Trinajstić information content (AvgIpc) is 2.34. The molecule has 1 saturated heterocycles. The van der Waals surface area contributed by atoms with Crippen LogP contribution in [0.15, 0.2) is 24.3 Å². The first kappa shape index (κ1) is 15.5. The summed E-state index contributed by atoms with van der Waals surface area (Å²) >= 11 is 0. The van der Waals surface area contributed by atoms with Gasteiger partial charge in [-0.05, 0) is 39.7 Å². The van der Waals surface area contributed by atoms with Crippen molar-refractivity contribution in [2.24, 2.45) is 5.73 Å². The molecule has 1 aromatic rings. The number of nitrogens with zero attached hydrogens (tertiary/aromatic N) is 1. The van der Waals surface area contributed by atoms with Crippen molar-refractivity contribution in [1.82, 2.24) is 4.90 Å². The maximum absolute atomic E-state index is 6.31. The number of benzene rings is 1. The monoisotopic (exact) mass is 276 g/mol. The first-order valence-electron chi connectivity index (χ1n) is 7.58. The van der Waals surface area contributed by atoms with Gasteiger partial charge >= 0.3 is 0 Å². The molecule has 112 valence electrons. The maximum atomic E-state index is 6.31. The average molecular weight is 276 g/mol. The van der Waals surface area contributed by atoms with E-state index in [0.29, 0.717) is 6.10 Å². The minimum atomic E-state index is -0.0500. The zero-order valence-electron chi connectivity index (χ0n) is 13.2. The normalized spacial score (nSPS) is 24.6. The fraction of sp³-hybridized carbons (Fsp3) is 0.647. The second-order valence-corrected chi connectivity index (χ2v) is 6.73. The highest BCUT2D eigenvalue weighted by atomic mass is 16.5. The van der Waals surface area contributed by atoms with E-state index >= 15 is 0 Å². The van der Waals surface area contributed by atoms with Gasteiger partial charge in [0.25, 0.3) is 0 Å². The summed E-state index contributed by atoms with van der Waals surface area (Å²) in [7, 11) is 0. The fourth-order valence-corrected chi connectivity index (χ4v) is 3.06. The van der Waals surface area contributed by atoms with Crippen LogP contribution in [0, 0.1) is 6.92 Å². The van der Waals surface area contributed by atoms with Crippen molar-refractivity contribution >= 4 is 0 Å². The Bertz CT molecular complexity index is 427. The Morgan fingerprint density at radius 2 is 2.00 bits per heavy atom. The van der Waals surface area contributed by atoms with Crippen molar-refractivity contribution in [3.8, 4) is 0 Å². The van der Waals surface area contributed by atoms with E-state index in [2.05, 4.69) is 56.9 Å². The summed E-state index contributed by atoms with van der Waals surface area (Å²) in [6.07, 6.45) is 1.29. The summed E-state index contributed by atoms with van der Waals surface area (Å²) in [6.45, 7) is 11.6. The first-order chi connectivity index (χ1) is 9.35. The van der Waals surface area contributed by atoms with Gasteiger partial charge in [0.2, 0.25) is 0 Å². The molecule has 0 saturated carbocycles. The van der Waals surface area contributed by atoms with Crippen LogP contribution >= 0.6 is 0 Å². The molecule has 1 heterocycles.